The second kappa shape index (κ2) is 4.83. The molecule has 0 aromatic heterocycles. The molecule has 0 radical (unpaired) electrons. The molecule has 70 valence electrons. The van der Waals surface area contributed by atoms with Crippen molar-refractivity contribution < 1.29 is 24.0 Å². The van der Waals surface area contributed by atoms with E-state index in [1.54, 1.807) is 0 Å². The first-order valence-corrected chi connectivity index (χ1v) is 4.34. The number of hydrogen-bond donors (Lipinski definition) is 3. The topological polar surface area (TPSA) is 104 Å². The number of carbonyl (C=O) groups is 2. The molecule has 7 heteroatoms. The lowest BCUT2D eigenvalue weighted by Crippen LogP contribution is -2.37. The van der Waals surface area contributed by atoms with Gasteiger partial charge in [0.2, 0.25) is 0 Å². The highest BCUT2D eigenvalue weighted by Gasteiger charge is 2.14. The average Bonchev–Trinajstić information content (AvgIpc) is 1.84. The zero-order valence-corrected chi connectivity index (χ0v) is 7.13. The van der Waals surface area contributed by atoms with Crippen LogP contribution < -0.4 is 4.72 Å². The van der Waals surface area contributed by atoms with Crippen LogP contribution in [0.2, 0.25) is 0 Å². The molecule has 0 aromatic rings. The summed E-state index contributed by atoms with van der Waals surface area (Å²) in [6.07, 6.45) is 0. The molecule has 0 spiro atoms. The normalized spacial score (nSPS) is 15.1. The lowest BCUT2D eigenvalue weighted by Gasteiger charge is -2.05. The Bertz CT molecular complexity index is 216. The maximum absolute atomic E-state index is 10.7. The van der Waals surface area contributed by atoms with Gasteiger partial charge in [0.1, 0.15) is 22.8 Å². The van der Waals surface area contributed by atoms with Crippen LogP contribution in [0.25, 0.3) is 0 Å². The number of carboxylic acid groups (broad SMARTS) is 2. The third-order valence-corrected chi connectivity index (χ3v) is 2.06. The van der Waals surface area contributed by atoms with Gasteiger partial charge < -0.3 is 10.2 Å². The summed E-state index contributed by atoms with van der Waals surface area (Å²) in [6, 6.07) is -1.01. The highest BCUT2D eigenvalue weighted by molar-refractivity contribution is 7.83. The number of aliphatic carboxylic acids is 2. The molecule has 0 aromatic carbocycles. The molecule has 0 unspecified atom stereocenters. The quantitative estimate of drug-likeness (QED) is 0.511. The number of nitrogens with one attached hydrogen (secondary N) is 1. The van der Waals surface area contributed by atoms with Crippen molar-refractivity contribution in [1.82, 2.24) is 4.72 Å². The summed E-state index contributed by atoms with van der Waals surface area (Å²) >= 11 is 0. The Morgan fingerprint density at radius 2 is 2.00 bits per heavy atom. The van der Waals surface area contributed by atoms with Crippen molar-refractivity contribution in [2.45, 2.75) is 13.0 Å². The molecule has 2 atom stereocenters. The Morgan fingerprint density at radius 1 is 1.50 bits per heavy atom. The Labute approximate surface area is 71.2 Å². The maximum atomic E-state index is 10.7. The van der Waals surface area contributed by atoms with Gasteiger partial charge in [-0.3, -0.25) is 9.59 Å². The van der Waals surface area contributed by atoms with E-state index in [0.29, 0.717) is 0 Å². The van der Waals surface area contributed by atoms with Crippen molar-refractivity contribution in [2.75, 3.05) is 5.75 Å². The van der Waals surface area contributed by atoms with Crippen molar-refractivity contribution in [3.8, 4) is 0 Å². The fourth-order valence-electron chi connectivity index (χ4n) is 0.401. The van der Waals surface area contributed by atoms with Gasteiger partial charge in [0.25, 0.3) is 0 Å². The molecule has 0 aliphatic heterocycles. The van der Waals surface area contributed by atoms with Crippen LogP contribution in [-0.4, -0.2) is 38.2 Å². The van der Waals surface area contributed by atoms with Crippen LogP contribution in [0.15, 0.2) is 0 Å². The highest BCUT2D eigenvalue weighted by atomic mass is 32.2. The fraction of sp³-hybridized carbons (Fsp3) is 0.600. The van der Waals surface area contributed by atoms with Crippen LogP contribution in [0, 0.1) is 0 Å². The zero-order chi connectivity index (χ0) is 9.72. The lowest BCUT2D eigenvalue weighted by atomic mass is 10.4. The lowest BCUT2D eigenvalue weighted by molar-refractivity contribution is -0.138. The van der Waals surface area contributed by atoms with Crippen LogP contribution >= 0.6 is 0 Å². The zero-order valence-electron chi connectivity index (χ0n) is 6.31. The summed E-state index contributed by atoms with van der Waals surface area (Å²) in [5.74, 6) is -3.01. The van der Waals surface area contributed by atoms with Gasteiger partial charge >= 0.3 is 11.9 Å². The Kier molecular flexibility index (Phi) is 4.45. The van der Waals surface area contributed by atoms with Crippen LogP contribution in [0.1, 0.15) is 6.92 Å². The summed E-state index contributed by atoms with van der Waals surface area (Å²) in [6.45, 7) is 1.28. The van der Waals surface area contributed by atoms with E-state index >= 15 is 0 Å². The summed E-state index contributed by atoms with van der Waals surface area (Å²) in [4.78, 5) is 20.2. The minimum Gasteiger partial charge on any atom is -0.481 e. The van der Waals surface area contributed by atoms with Crippen molar-refractivity contribution >= 4 is 22.9 Å². The van der Waals surface area contributed by atoms with Gasteiger partial charge in [0.15, 0.2) is 0 Å². The van der Waals surface area contributed by atoms with E-state index in [2.05, 4.69) is 4.72 Å². The molecule has 0 aliphatic carbocycles. The van der Waals surface area contributed by atoms with Crippen molar-refractivity contribution in [3.05, 3.63) is 0 Å². The van der Waals surface area contributed by atoms with E-state index < -0.39 is 34.7 Å². The van der Waals surface area contributed by atoms with Gasteiger partial charge in [-0.1, -0.05) is 0 Å². The molecule has 6 nitrogen and oxygen atoms in total. The van der Waals surface area contributed by atoms with Gasteiger partial charge in [-0.15, -0.1) is 0 Å². The summed E-state index contributed by atoms with van der Waals surface area (Å²) in [7, 11) is -1.83. The Balaban J connectivity index is 3.85. The van der Waals surface area contributed by atoms with Gasteiger partial charge in [0.05, 0.1) is 0 Å². The predicted octanol–water partition coefficient (Wildman–Crippen LogP) is -1.20. The molecule has 0 heterocycles. The molecular formula is C5H9NO5S. The van der Waals surface area contributed by atoms with Crippen molar-refractivity contribution in [2.24, 2.45) is 0 Å². The summed E-state index contributed by atoms with van der Waals surface area (Å²) < 4.78 is 12.8. The second-order valence-electron chi connectivity index (χ2n) is 2.06. The number of hydrogen-bond acceptors (Lipinski definition) is 3. The summed E-state index contributed by atoms with van der Waals surface area (Å²) in [5.41, 5.74) is 0. The minimum absolute atomic E-state index is 0.600. The maximum Gasteiger partial charge on any atom is 0.321 e. The van der Waals surface area contributed by atoms with Gasteiger partial charge in [-0.2, -0.15) is 0 Å². The molecule has 0 aliphatic rings. The third-order valence-electron chi connectivity index (χ3n) is 0.933. The first-order valence-electron chi connectivity index (χ1n) is 3.02. The van der Waals surface area contributed by atoms with E-state index in [9.17, 15) is 13.8 Å². The Hall–Kier alpha value is -0.950. The van der Waals surface area contributed by atoms with Crippen LogP contribution in [-0.2, 0) is 20.6 Å². The smallest absolute Gasteiger partial charge is 0.321 e. The van der Waals surface area contributed by atoms with E-state index in [1.807, 2.05) is 0 Å². The van der Waals surface area contributed by atoms with Crippen molar-refractivity contribution in [1.29, 1.82) is 0 Å². The van der Waals surface area contributed by atoms with Crippen LogP contribution in [0.4, 0.5) is 0 Å². The van der Waals surface area contributed by atoms with Gasteiger partial charge in [0, 0.05) is 0 Å². The fourth-order valence-corrected chi connectivity index (χ4v) is 1.20. The SMILES string of the molecule is C[C@@H](N[S@](=O)CC(=O)O)C(=O)O. The first kappa shape index (κ1) is 11.1. The van der Waals surface area contributed by atoms with E-state index in [4.69, 9.17) is 10.2 Å². The molecule has 0 amide bonds. The highest BCUT2D eigenvalue weighted by Crippen LogP contribution is 1.84. The number of carboxylic acids is 2. The second-order valence-corrected chi connectivity index (χ2v) is 3.28. The molecule has 12 heavy (non-hydrogen) atoms. The molecule has 3 N–H and O–H groups in total. The van der Waals surface area contributed by atoms with E-state index in [1.165, 1.54) is 6.92 Å². The monoisotopic (exact) mass is 195 g/mol. The molecular weight excluding hydrogens is 186 g/mol. The standard InChI is InChI=1S/C5H9NO5S/c1-3(5(9)10)6-12(11)2-4(7)8/h3,6H,2H2,1H3,(H,7,8)(H,9,10)/t3-,12-/m1/s1. The summed E-state index contributed by atoms with van der Waals surface area (Å²) in [5, 5.41) is 16.5. The molecule has 0 saturated carbocycles. The minimum atomic E-state index is -1.83. The van der Waals surface area contributed by atoms with E-state index in [0.717, 1.165) is 0 Å². The first-order chi connectivity index (χ1) is 5.43. The molecule has 0 fully saturated rings. The third kappa shape index (κ3) is 4.80. The Morgan fingerprint density at radius 3 is 2.33 bits per heavy atom. The average molecular weight is 195 g/mol. The van der Waals surface area contributed by atoms with Crippen LogP contribution in [0.5, 0.6) is 0 Å². The van der Waals surface area contributed by atoms with Crippen molar-refractivity contribution in [3.63, 3.8) is 0 Å². The predicted molar refractivity (Wildman–Crippen MR) is 40.9 cm³/mol. The van der Waals surface area contributed by atoms with Gasteiger partial charge in [-0.05, 0) is 6.92 Å². The largest absolute Gasteiger partial charge is 0.481 e. The van der Waals surface area contributed by atoms with Gasteiger partial charge in [-0.25, -0.2) is 8.93 Å². The molecule has 0 bridgehead atoms. The van der Waals surface area contributed by atoms with Crippen LogP contribution in [0.3, 0.4) is 0 Å². The molecule has 0 saturated heterocycles. The number of rotatable bonds is 5. The van der Waals surface area contributed by atoms with E-state index in [-0.39, 0.29) is 0 Å². The molecule has 0 rings (SSSR count).